The quantitative estimate of drug-likeness (QED) is 0.587. The molecule has 0 aliphatic carbocycles. The number of unbranched alkanes of at least 4 members (excludes halogenated alkanes) is 1. The molecule has 5 heteroatoms. The Balaban J connectivity index is 2.88. The van der Waals surface area contributed by atoms with E-state index in [1.165, 1.54) is 0 Å². The summed E-state index contributed by atoms with van der Waals surface area (Å²) < 4.78 is 27.7. The van der Waals surface area contributed by atoms with Gasteiger partial charge >= 0.3 is 0 Å². The number of nitriles is 1. The van der Waals surface area contributed by atoms with Gasteiger partial charge in [0.2, 0.25) is 0 Å². The first kappa shape index (κ1) is 12.3. The Hall–Kier alpha value is -0.730. The molecular formula is C8H14F2N2O. The predicted molar refractivity (Wildman–Crippen MR) is 44.5 cm³/mol. The third kappa shape index (κ3) is 11.3. The van der Waals surface area contributed by atoms with E-state index in [0.29, 0.717) is 13.0 Å². The molecule has 0 aromatic carbocycles. The normalized spacial score (nSPS) is 10.3. The van der Waals surface area contributed by atoms with Gasteiger partial charge in [0.25, 0.3) is 6.43 Å². The molecule has 0 aromatic rings. The van der Waals surface area contributed by atoms with Gasteiger partial charge in [0.15, 0.2) is 0 Å². The maximum atomic E-state index is 11.5. The number of hydrogen-bond acceptors (Lipinski definition) is 3. The van der Waals surface area contributed by atoms with Crippen molar-refractivity contribution in [1.29, 1.82) is 5.26 Å². The van der Waals surface area contributed by atoms with Crippen LogP contribution in [-0.2, 0) is 4.74 Å². The minimum absolute atomic E-state index is 0.289. The van der Waals surface area contributed by atoms with Crippen molar-refractivity contribution in [2.45, 2.75) is 19.3 Å². The summed E-state index contributed by atoms with van der Waals surface area (Å²) in [5.41, 5.74) is 0. The lowest BCUT2D eigenvalue weighted by Crippen LogP contribution is -2.21. The molecule has 0 unspecified atom stereocenters. The van der Waals surface area contributed by atoms with Crippen LogP contribution in [0.25, 0.3) is 0 Å². The van der Waals surface area contributed by atoms with E-state index in [1.807, 2.05) is 6.07 Å². The molecular weight excluding hydrogens is 178 g/mol. The number of alkyl halides is 2. The van der Waals surface area contributed by atoms with Crippen molar-refractivity contribution in [3.63, 3.8) is 0 Å². The fraction of sp³-hybridized carbons (Fsp3) is 0.875. The molecule has 0 aliphatic rings. The molecule has 1 N–H and O–H groups in total. The maximum absolute atomic E-state index is 11.5. The lowest BCUT2D eigenvalue weighted by Gasteiger charge is -2.04. The number of nitrogens with zero attached hydrogens (tertiary/aromatic N) is 1. The molecule has 0 fully saturated rings. The Labute approximate surface area is 76.7 Å². The van der Waals surface area contributed by atoms with E-state index in [0.717, 1.165) is 13.0 Å². The molecule has 0 amide bonds. The van der Waals surface area contributed by atoms with Crippen molar-refractivity contribution < 1.29 is 13.5 Å². The lowest BCUT2D eigenvalue weighted by molar-refractivity contribution is 0.0188. The second-order valence-electron chi connectivity index (χ2n) is 2.48. The standard InChI is InChI=1S/C8H14F2N2O/c9-8(10)7-13-6-5-12-4-2-1-3-11/h8,12H,1-2,4-7H2. The van der Waals surface area contributed by atoms with Gasteiger partial charge in [0.1, 0.15) is 6.61 Å². The van der Waals surface area contributed by atoms with E-state index in [2.05, 4.69) is 10.1 Å². The molecule has 0 radical (unpaired) electrons. The summed E-state index contributed by atoms with van der Waals surface area (Å²) in [4.78, 5) is 0. The van der Waals surface area contributed by atoms with Crippen LogP contribution in [-0.4, -0.2) is 32.7 Å². The molecule has 3 nitrogen and oxygen atoms in total. The van der Waals surface area contributed by atoms with Crippen molar-refractivity contribution in [2.24, 2.45) is 0 Å². The molecule has 0 aromatic heterocycles. The van der Waals surface area contributed by atoms with Gasteiger partial charge in [-0.1, -0.05) is 0 Å². The third-order valence-electron chi connectivity index (χ3n) is 1.31. The predicted octanol–water partition coefficient (Wildman–Crippen LogP) is 1.16. The zero-order chi connectivity index (χ0) is 9.94. The number of halogens is 2. The van der Waals surface area contributed by atoms with Crippen molar-refractivity contribution in [1.82, 2.24) is 5.32 Å². The number of nitrogens with one attached hydrogen (secondary N) is 1. The second kappa shape index (κ2) is 9.36. The Morgan fingerprint density at radius 1 is 1.38 bits per heavy atom. The fourth-order valence-corrected chi connectivity index (χ4v) is 0.734. The van der Waals surface area contributed by atoms with Crippen LogP contribution >= 0.6 is 0 Å². The number of rotatable bonds is 8. The second-order valence-corrected chi connectivity index (χ2v) is 2.48. The summed E-state index contributed by atoms with van der Waals surface area (Å²) in [6, 6.07) is 2.01. The molecule has 0 atom stereocenters. The topological polar surface area (TPSA) is 45.0 Å². The largest absolute Gasteiger partial charge is 0.374 e. The Morgan fingerprint density at radius 2 is 2.15 bits per heavy atom. The molecule has 0 aliphatic heterocycles. The van der Waals surface area contributed by atoms with E-state index in [-0.39, 0.29) is 6.61 Å². The average molecular weight is 192 g/mol. The highest BCUT2D eigenvalue weighted by Crippen LogP contribution is 1.91. The zero-order valence-electron chi connectivity index (χ0n) is 7.43. The number of ether oxygens (including phenoxy) is 1. The van der Waals surface area contributed by atoms with E-state index in [9.17, 15) is 8.78 Å². The summed E-state index contributed by atoms with van der Waals surface area (Å²) in [6.45, 7) is 1.07. The minimum Gasteiger partial charge on any atom is -0.374 e. The van der Waals surface area contributed by atoms with E-state index >= 15 is 0 Å². The highest BCUT2D eigenvalue weighted by molar-refractivity contribution is 4.68. The van der Waals surface area contributed by atoms with Gasteiger partial charge in [-0.05, 0) is 13.0 Å². The third-order valence-corrected chi connectivity index (χ3v) is 1.31. The smallest absolute Gasteiger partial charge is 0.261 e. The molecule has 0 saturated heterocycles. The van der Waals surface area contributed by atoms with Crippen LogP contribution < -0.4 is 5.32 Å². The Morgan fingerprint density at radius 3 is 2.77 bits per heavy atom. The summed E-state index contributed by atoms with van der Waals surface area (Å²) in [5.74, 6) is 0. The highest BCUT2D eigenvalue weighted by Gasteiger charge is 2.00. The summed E-state index contributed by atoms with van der Waals surface area (Å²) in [6.07, 6.45) is -1.09. The van der Waals surface area contributed by atoms with Gasteiger partial charge in [-0.3, -0.25) is 0 Å². The molecule has 0 heterocycles. The van der Waals surface area contributed by atoms with E-state index < -0.39 is 13.0 Å². The minimum atomic E-state index is -2.39. The first-order valence-corrected chi connectivity index (χ1v) is 4.21. The van der Waals surface area contributed by atoms with Gasteiger partial charge in [0, 0.05) is 13.0 Å². The van der Waals surface area contributed by atoms with E-state index in [1.54, 1.807) is 0 Å². The van der Waals surface area contributed by atoms with Crippen LogP contribution in [0.1, 0.15) is 12.8 Å². The van der Waals surface area contributed by atoms with Crippen LogP contribution in [0.2, 0.25) is 0 Å². The first-order valence-electron chi connectivity index (χ1n) is 4.21. The van der Waals surface area contributed by atoms with Crippen LogP contribution in [0.15, 0.2) is 0 Å². The SMILES string of the molecule is N#CCCCNCCOCC(F)F. The van der Waals surface area contributed by atoms with Crippen molar-refractivity contribution in [3.8, 4) is 6.07 Å². The zero-order valence-corrected chi connectivity index (χ0v) is 7.43. The van der Waals surface area contributed by atoms with Gasteiger partial charge in [-0.25, -0.2) is 8.78 Å². The average Bonchev–Trinajstić information content (AvgIpc) is 2.09. The van der Waals surface area contributed by atoms with Crippen LogP contribution in [0.4, 0.5) is 8.78 Å². The summed E-state index contributed by atoms with van der Waals surface area (Å²) in [5, 5.41) is 11.2. The lowest BCUT2D eigenvalue weighted by atomic mass is 10.3. The highest BCUT2D eigenvalue weighted by atomic mass is 19.3. The Kier molecular flexibility index (Phi) is 8.83. The molecule has 0 rings (SSSR count). The van der Waals surface area contributed by atoms with E-state index in [4.69, 9.17) is 5.26 Å². The summed E-state index contributed by atoms with van der Waals surface area (Å²) >= 11 is 0. The molecule has 13 heavy (non-hydrogen) atoms. The van der Waals surface area contributed by atoms with Crippen LogP contribution in [0.3, 0.4) is 0 Å². The van der Waals surface area contributed by atoms with Gasteiger partial charge in [-0.15, -0.1) is 0 Å². The summed E-state index contributed by atoms with van der Waals surface area (Å²) in [7, 11) is 0. The maximum Gasteiger partial charge on any atom is 0.261 e. The monoisotopic (exact) mass is 192 g/mol. The Bertz CT molecular complexity index is 148. The molecule has 0 spiro atoms. The van der Waals surface area contributed by atoms with Crippen LogP contribution in [0, 0.1) is 11.3 Å². The van der Waals surface area contributed by atoms with Crippen molar-refractivity contribution >= 4 is 0 Å². The molecule has 0 bridgehead atoms. The van der Waals surface area contributed by atoms with Gasteiger partial charge < -0.3 is 10.1 Å². The molecule has 76 valence electrons. The first-order chi connectivity index (χ1) is 6.27. The van der Waals surface area contributed by atoms with Crippen LogP contribution in [0.5, 0.6) is 0 Å². The number of hydrogen-bond donors (Lipinski definition) is 1. The molecule has 0 saturated carbocycles. The van der Waals surface area contributed by atoms with Gasteiger partial charge in [-0.2, -0.15) is 5.26 Å². The van der Waals surface area contributed by atoms with Crippen molar-refractivity contribution in [3.05, 3.63) is 0 Å². The fourth-order valence-electron chi connectivity index (χ4n) is 0.734. The van der Waals surface area contributed by atoms with Gasteiger partial charge in [0.05, 0.1) is 12.7 Å². The van der Waals surface area contributed by atoms with Crippen molar-refractivity contribution in [2.75, 3.05) is 26.3 Å².